The van der Waals surface area contributed by atoms with E-state index in [-0.39, 0.29) is 28.3 Å². The number of hydrogen-bond acceptors (Lipinski definition) is 6. The lowest BCUT2D eigenvalue weighted by atomic mass is 9.93. The molecule has 1 fully saturated rings. The van der Waals surface area contributed by atoms with Crippen molar-refractivity contribution in [1.82, 2.24) is 9.21 Å². The second-order valence-electron chi connectivity index (χ2n) is 9.27. The summed E-state index contributed by atoms with van der Waals surface area (Å²) in [6, 6.07) is 12.6. The van der Waals surface area contributed by atoms with Crippen LogP contribution in [0.2, 0.25) is 0 Å². The van der Waals surface area contributed by atoms with Crippen molar-refractivity contribution in [1.29, 1.82) is 0 Å². The maximum absolute atomic E-state index is 13.2. The van der Waals surface area contributed by atoms with E-state index in [4.69, 9.17) is 4.74 Å². The second-order valence-corrected chi connectivity index (χ2v) is 11.2. The topological polar surface area (TPSA) is 104 Å². The molecule has 2 aromatic rings. The zero-order valence-electron chi connectivity index (χ0n) is 22.1. The summed E-state index contributed by atoms with van der Waals surface area (Å²) in [5.41, 5.74) is 2.07. The molecule has 1 N–H and O–H groups in total. The quantitative estimate of drug-likeness (QED) is 0.202. The molecule has 2 aromatic carbocycles. The maximum Gasteiger partial charge on any atom is 0.295 e. The first-order valence-electron chi connectivity index (χ1n) is 12.6. The number of nitrogens with zero attached hydrogens (tertiary/aromatic N) is 2. The normalized spacial score (nSPS) is 17.8. The zero-order valence-corrected chi connectivity index (χ0v) is 22.9. The van der Waals surface area contributed by atoms with Gasteiger partial charge in [-0.25, -0.2) is 8.42 Å². The first-order chi connectivity index (χ1) is 17.6. The van der Waals surface area contributed by atoms with Gasteiger partial charge in [0, 0.05) is 38.9 Å². The van der Waals surface area contributed by atoms with Crippen LogP contribution in [0, 0.1) is 0 Å². The number of carbonyl (C=O) groups excluding carboxylic acids is 2. The number of aliphatic hydroxyl groups is 1. The van der Waals surface area contributed by atoms with Crippen LogP contribution in [-0.2, 0) is 24.3 Å². The zero-order chi connectivity index (χ0) is 27.3. The molecule has 0 aliphatic carbocycles. The molecular formula is C28H36N2O6S. The van der Waals surface area contributed by atoms with Gasteiger partial charge in [-0.2, -0.15) is 4.31 Å². The molecule has 1 amide bonds. The predicted octanol–water partition coefficient (Wildman–Crippen LogP) is 4.30. The summed E-state index contributed by atoms with van der Waals surface area (Å²) in [4.78, 5) is 27.8. The molecule has 1 aliphatic heterocycles. The van der Waals surface area contributed by atoms with E-state index < -0.39 is 27.8 Å². The molecule has 1 atom stereocenters. The maximum atomic E-state index is 13.2. The highest BCUT2D eigenvalue weighted by Crippen LogP contribution is 2.40. The third kappa shape index (κ3) is 5.79. The Morgan fingerprint density at radius 3 is 2.14 bits per heavy atom. The molecule has 3 rings (SSSR count). The third-order valence-electron chi connectivity index (χ3n) is 6.68. The van der Waals surface area contributed by atoms with Gasteiger partial charge in [0.15, 0.2) is 0 Å². The standard InChI is InChI=1S/C28H36N2O6S/c1-6-29(7-2)37(34,35)23-15-13-22(14-16-23)26(31)24-25(21-11-9-20(10-12-21)19(3)4)30(17-8-18-36-5)28(33)27(24)32/h9-16,19,25,31H,6-8,17-18H2,1-5H3/b26-24+. The molecule has 200 valence electrons. The molecular weight excluding hydrogens is 492 g/mol. The Kier molecular flexibility index (Phi) is 9.28. The summed E-state index contributed by atoms with van der Waals surface area (Å²) >= 11 is 0. The number of carbonyl (C=O) groups is 2. The van der Waals surface area contributed by atoms with Crippen LogP contribution in [0.15, 0.2) is 59.0 Å². The molecule has 0 saturated carbocycles. The summed E-state index contributed by atoms with van der Waals surface area (Å²) < 4.78 is 32.2. The number of ether oxygens (including phenoxy) is 1. The van der Waals surface area contributed by atoms with Crippen LogP contribution in [0.5, 0.6) is 0 Å². The van der Waals surface area contributed by atoms with Crippen LogP contribution >= 0.6 is 0 Å². The highest BCUT2D eigenvalue weighted by atomic mass is 32.2. The molecule has 0 spiro atoms. The average molecular weight is 529 g/mol. The van der Waals surface area contributed by atoms with Crippen molar-refractivity contribution in [3.63, 3.8) is 0 Å². The minimum atomic E-state index is -3.67. The highest BCUT2D eigenvalue weighted by molar-refractivity contribution is 7.89. The van der Waals surface area contributed by atoms with Gasteiger partial charge in [-0.05, 0) is 47.7 Å². The Morgan fingerprint density at radius 2 is 1.62 bits per heavy atom. The SMILES string of the molecule is CCN(CC)S(=O)(=O)c1ccc(/C(O)=C2\C(=O)C(=O)N(CCCOC)C2c2ccc(C(C)C)cc2)cc1. The second kappa shape index (κ2) is 12.0. The van der Waals surface area contributed by atoms with Gasteiger partial charge in [0.25, 0.3) is 11.7 Å². The lowest BCUT2D eigenvalue weighted by Gasteiger charge is -2.25. The van der Waals surface area contributed by atoms with Gasteiger partial charge in [0.05, 0.1) is 16.5 Å². The van der Waals surface area contributed by atoms with Gasteiger partial charge in [-0.15, -0.1) is 0 Å². The highest BCUT2D eigenvalue weighted by Gasteiger charge is 2.45. The number of rotatable bonds is 11. The number of Topliss-reactive ketones (excluding diaryl/α,β-unsaturated/α-hetero) is 1. The Hall–Kier alpha value is -3.01. The number of sulfonamides is 1. The number of benzene rings is 2. The Balaban J connectivity index is 2.08. The van der Waals surface area contributed by atoms with Gasteiger partial charge in [0.2, 0.25) is 10.0 Å². The van der Waals surface area contributed by atoms with Crippen molar-refractivity contribution < 1.29 is 27.9 Å². The number of likely N-dealkylation sites (tertiary alicyclic amines) is 1. The van der Waals surface area contributed by atoms with Crippen LogP contribution in [0.3, 0.4) is 0 Å². The Morgan fingerprint density at radius 1 is 1.03 bits per heavy atom. The van der Waals surface area contributed by atoms with Gasteiger partial charge >= 0.3 is 0 Å². The number of amides is 1. The molecule has 1 heterocycles. The van der Waals surface area contributed by atoms with Crippen LogP contribution in [0.4, 0.5) is 0 Å². The number of hydrogen-bond donors (Lipinski definition) is 1. The fraction of sp³-hybridized carbons (Fsp3) is 0.429. The van der Waals surface area contributed by atoms with Gasteiger partial charge in [-0.3, -0.25) is 9.59 Å². The predicted molar refractivity (Wildman–Crippen MR) is 143 cm³/mol. The van der Waals surface area contributed by atoms with Crippen LogP contribution in [0.25, 0.3) is 5.76 Å². The lowest BCUT2D eigenvalue weighted by Crippen LogP contribution is -2.31. The first kappa shape index (κ1) is 28.6. The van der Waals surface area contributed by atoms with Crippen LogP contribution < -0.4 is 0 Å². The number of aliphatic hydroxyl groups excluding tert-OH is 1. The van der Waals surface area contributed by atoms with Crippen LogP contribution in [-0.4, -0.2) is 67.8 Å². The average Bonchev–Trinajstić information content (AvgIpc) is 3.14. The fourth-order valence-electron chi connectivity index (χ4n) is 4.55. The summed E-state index contributed by atoms with van der Waals surface area (Å²) in [5, 5.41) is 11.3. The van der Waals surface area contributed by atoms with Crippen molar-refractivity contribution in [3.8, 4) is 0 Å². The molecule has 0 aromatic heterocycles. The molecule has 0 bridgehead atoms. The van der Waals surface area contributed by atoms with E-state index in [0.29, 0.717) is 37.6 Å². The van der Waals surface area contributed by atoms with Crippen LogP contribution in [0.1, 0.15) is 62.8 Å². The van der Waals surface area contributed by atoms with Crippen molar-refractivity contribution >= 4 is 27.5 Å². The van der Waals surface area contributed by atoms with E-state index in [1.807, 2.05) is 24.3 Å². The van der Waals surface area contributed by atoms with Gasteiger partial charge in [0.1, 0.15) is 5.76 Å². The lowest BCUT2D eigenvalue weighted by molar-refractivity contribution is -0.140. The van der Waals surface area contributed by atoms with E-state index in [0.717, 1.165) is 5.56 Å². The monoisotopic (exact) mass is 528 g/mol. The molecule has 37 heavy (non-hydrogen) atoms. The van der Waals surface area contributed by atoms with E-state index >= 15 is 0 Å². The summed E-state index contributed by atoms with van der Waals surface area (Å²) in [6.07, 6.45) is 0.530. The van der Waals surface area contributed by atoms with Crippen molar-refractivity contribution in [2.24, 2.45) is 0 Å². The van der Waals surface area contributed by atoms with E-state index in [1.54, 1.807) is 21.0 Å². The van der Waals surface area contributed by atoms with E-state index in [2.05, 4.69) is 13.8 Å². The fourth-order valence-corrected chi connectivity index (χ4v) is 6.01. The van der Waals surface area contributed by atoms with Crippen molar-refractivity contribution in [2.75, 3.05) is 33.4 Å². The molecule has 1 aliphatic rings. The molecule has 9 heteroatoms. The summed E-state index contributed by atoms with van der Waals surface area (Å²) in [7, 11) is -2.10. The minimum absolute atomic E-state index is 0.0148. The smallest absolute Gasteiger partial charge is 0.295 e. The molecule has 1 unspecified atom stereocenters. The largest absolute Gasteiger partial charge is 0.507 e. The Labute approximate surface area is 219 Å². The summed E-state index contributed by atoms with van der Waals surface area (Å²) in [6.45, 7) is 9.07. The van der Waals surface area contributed by atoms with Crippen molar-refractivity contribution in [2.45, 2.75) is 51.0 Å². The molecule has 1 saturated heterocycles. The molecule has 8 nitrogen and oxygen atoms in total. The first-order valence-corrected chi connectivity index (χ1v) is 14.0. The van der Waals surface area contributed by atoms with Gasteiger partial charge < -0.3 is 14.7 Å². The number of ketones is 1. The van der Waals surface area contributed by atoms with E-state index in [9.17, 15) is 23.1 Å². The van der Waals surface area contributed by atoms with Gasteiger partial charge in [-0.1, -0.05) is 52.0 Å². The summed E-state index contributed by atoms with van der Waals surface area (Å²) in [5.74, 6) is -1.48. The molecule has 0 radical (unpaired) electrons. The van der Waals surface area contributed by atoms with Crippen molar-refractivity contribution in [3.05, 3.63) is 70.8 Å². The third-order valence-corrected chi connectivity index (χ3v) is 8.74. The van der Waals surface area contributed by atoms with E-state index in [1.165, 1.54) is 33.5 Å². The number of methoxy groups -OCH3 is 1. The Bertz CT molecular complexity index is 1250. The minimum Gasteiger partial charge on any atom is -0.507 e.